The van der Waals surface area contributed by atoms with Gasteiger partial charge in [0, 0.05) is 12.8 Å². The van der Waals surface area contributed by atoms with Crippen LogP contribution in [0.1, 0.15) is 5.69 Å². The molecule has 19 heavy (non-hydrogen) atoms. The largest absolute Gasteiger partial charge is 0.300 e. The minimum atomic E-state index is -0.0973. The molecule has 0 spiro atoms. The van der Waals surface area contributed by atoms with Gasteiger partial charge in [-0.2, -0.15) is 0 Å². The second kappa shape index (κ2) is 5.66. The summed E-state index contributed by atoms with van der Waals surface area (Å²) in [5.41, 5.74) is 7.00. The molecule has 0 saturated carbocycles. The van der Waals surface area contributed by atoms with E-state index in [9.17, 15) is 4.79 Å². The number of benzene rings is 1. The quantitative estimate of drug-likeness (QED) is 0.620. The Hall–Kier alpha value is -1.47. The normalized spacial score (nSPS) is 10.6. The van der Waals surface area contributed by atoms with E-state index >= 15 is 0 Å². The monoisotopic (exact) mass is 341 g/mol. The molecule has 0 radical (unpaired) electrons. The van der Waals surface area contributed by atoms with Crippen molar-refractivity contribution in [3.63, 3.8) is 0 Å². The second-order valence-electron chi connectivity index (χ2n) is 3.93. The summed E-state index contributed by atoms with van der Waals surface area (Å²) >= 11 is 4.64. The Balaban J connectivity index is 2.50. The van der Waals surface area contributed by atoms with Gasteiger partial charge in [0.05, 0.1) is 11.4 Å². The SMILES string of the molecule is Cn1c(CSC(N)=[NH2+])c(Br)c(=O)n1-c1ccccc1. The van der Waals surface area contributed by atoms with Crippen LogP contribution in [0.2, 0.25) is 0 Å². The molecule has 0 fully saturated rings. The van der Waals surface area contributed by atoms with Gasteiger partial charge < -0.3 is 0 Å². The van der Waals surface area contributed by atoms with E-state index in [-0.39, 0.29) is 10.7 Å². The molecular formula is C12H14BrN4OS+. The fraction of sp³-hybridized carbons (Fsp3) is 0.167. The van der Waals surface area contributed by atoms with E-state index in [0.29, 0.717) is 10.2 Å². The Morgan fingerprint density at radius 3 is 2.63 bits per heavy atom. The van der Waals surface area contributed by atoms with Crippen LogP contribution < -0.4 is 16.7 Å². The van der Waals surface area contributed by atoms with Gasteiger partial charge in [-0.15, -0.1) is 0 Å². The van der Waals surface area contributed by atoms with Gasteiger partial charge in [0.2, 0.25) is 0 Å². The average molecular weight is 342 g/mol. The predicted octanol–water partition coefficient (Wildman–Crippen LogP) is 0.246. The number of hydrogen-bond donors (Lipinski definition) is 2. The summed E-state index contributed by atoms with van der Waals surface area (Å²) in [6.45, 7) is 0. The first-order valence-corrected chi connectivity index (χ1v) is 7.32. The molecule has 0 atom stereocenters. The lowest BCUT2D eigenvalue weighted by atomic mass is 10.3. The molecule has 1 aromatic carbocycles. The van der Waals surface area contributed by atoms with Gasteiger partial charge in [-0.3, -0.25) is 20.6 Å². The predicted molar refractivity (Wildman–Crippen MR) is 81.1 cm³/mol. The van der Waals surface area contributed by atoms with Crippen LogP contribution >= 0.6 is 27.7 Å². The van der Waals surface area contributed by atoms with Crippen molar-refractivity contribution < 1.29 is 5.41 Å². The number of halogens is 1. The molecule has 0 saturated heterocycles. The van der Waals surface area contributed by atoms with Crippen LogP contribution in [0.3, 0.4) is 0 Å². The van der Waals surface area contributed by atoms with Crippen molar-refractivity contribution in [1.82, 2.24) is 9.36 Å². The van der Waals surface area contributed by atoms with E-state index in [1.54, 1.807) is 9.36 Å². The average Bonchev–Trinajstić information content (AvgIpc) is 2.59. The van der Waals surface area contributed by atoms with E-state index in [1.807, 2.05) is 37.4 Å². The molecule has 100 valence electrons. The maximum atomic E-state index is 12.3. The van der Waals surface area contributed by atoms with Crippen LogP contribution in [0.5, 0.6) is 0 Å². The van der Waals surface area contributed by atoms with Crippen LogP contribution in [0.15, 0.2) is 39.6 Å². The number of thioether (sulfide) groups is 1. The number of amidine groups is 1. The van der Waals surface area contributed by atoms with Crippen LogP contribution in [0.25, 0.3) is 5.69 Å². The van der Waals surface area contributed by atoms with Gasteiger partial charge in [0.1, 0.15) is 4.47 Å². The van der Waals surface area contributed by atoms with Gasteiger partial charge in [-0.05, 0) is 39.8 Å². The molecule has 0 bridgehead atoms. The summed E-state index contributed by atoms with van der Waals surface area (Å²) in [6, 6.07) is 9.46. The van der Waals surface area contributed by atoms with Crippen molar-refractivity contribution in [2.24, 2.45) is 12.8 Å². The summed E-state index contributed by atoms with van der Waals surface area (Å²) in [4.78, 5) is 12.3. The summed E-state index contributed by atoms with van der Waals surface area (Å²) < 4.78 is 3.94. The lowest BCUT2D eigenvalue weighted by molar-refractivity contribution is -0.110. The van der Waals surface area contributed by atoms with E-state index in [2.05, 4.69) is 15.9 Å². The van der Waals surface area contributed by atoms with E-state index < -0.39 is 0 Å². The van der Waals surface area contributed by atoms with Crippen molar-refractivity contribution in [3.8, 4) is 5.69 Å². The summed E-state index contributed by atoms with van der Waals surface area (Å²) in [6.07, 6.45) is 0. The molecular weight excluding hydrogens is 328 g/mol. The zero-order chi connectivity index (χ0) is 14.0. The molecule has 0 aliphatic carbocycles. The molecule has 1 aromatic heterocycles. The summed E-state index contributed by atoms with van der Waals surface area (Å²) in [7, 11) is 1.84. The third kappa shape index (κ3) is 2.76. The molecule has 0 aliphatic rings. The molecule has 2 rings (SSSR count). The fourth-order valence-corrected chi connectivity index (χ4v) is 3.17. The molecule has 0 unspecified atom stereocenters. The van der Waals surface area contributed by atoms with E-state index in [0.717, 1.165) is 11.4 Å². The Morgan fingerprint density at radius 1 is 1.42 bits per heavy atom. The summed E-state index contributed by atoms with van der Waals surface area (Å²) in [5, 5.41) is 5.73. The Morgan fingerprint density at radius 2 is 2.05 bits per heavy atom. The van der Waals surface area contributed by atoms with Gasteiger partial charge in [-0.25, -0.2) is 4.68 Å². The van der Waals surface area contributed by atoms with Gasteiger partial charge in [0.15, 0.2) is 0 Å². The highest BCUT2D eigenvalue weighted by Gasteiger charge is 2.17. The van der Waals surface area contributed by atoms with Crippen molar-refractivity contribution in [2.75, 3.05) is 0 Å². The van der Waals surface area contributed by atoms with Crippen molar-refractivity contribution in [2.45, 2.75) is 5.75 Å². The van der Waals surface area contributed by atoms with Crippen molar-refractivity contribution >= 4 is 32.9 Å². The van der Waals surface area contributed by atoms with E-state index in [4.69, 9.17) is 11.1 Å². The molecule has 1 heterocycles. The topological polar surface area (TPSA) is 78.5 Å². The number of rotatable bonds is 3. The maximum Gasteiger partial charge on any atom is 0.300 e. The zero-order valence-corrected chi connectivity index (χ0v) is 12.7. The maximum absolute atomic E-state index is 12.3. The first kappa shape index (κ1) is 14.0. The number of aromatic nitrogens is 2. The minimum Gasteiger partial charge on any atom is -0.283 e. The lowest BCUT2D eigenvalue weighted by Gasteiger charge is -2.09. The van der Waals surface area contributed by atoms with Crippen molar-refractivity contribution in [3.05, 3.63) is 50.9 Å². The van der Waals surface area contributed by atoms with Crippen LogP contribution in [0, 0.1) is 0 Å². The first-order valence-electron chi connectivity index (χ1n) is 5.55. The smallest absolute Gasteiger partial charge is 0.283 e. The molecule has 4 N–H and O–H groups in total. The van der Waals surface area contributed by atoms with Gasteiger partial charge in [-0.1, -0.05) is 18.2 Å². The molecule has 7 heteroatoms. The van der Waals surface area contributed by atoms with Crippen LogP contribution in [-0.2, 0) is 12.8 Å². The Kier molecular flexibility index (Phi) is 4.16. The third-order valence-electron chi connectivity index (χ3n) is 2.70. The first-order chi connectivity index (χ1) is 9.02. The van der Waals surface area contributed by atoms with Gasteiger partial charge in [0.25, 0.3) is 10.7 Å². The van der Waals surface area contributed by atoms with Crippen molar-refractivity contribution in [1.29, 1.82) is 0 Å². The Labute approximate surface area is 123 Å². The fourth-order valence-electron chi connectivity index (χ4n) is 1.78. The second-order valence-corrected chi connectivity index (χ2v) is 5.77. The zero-order valence-electron chi connectivity index (χ0n) is 10.3. The highest BCUT2D eigenvalue weighted by atomic mass is 79.9. The highest BCUT2D eigenvalue weighted by Crippen LogP contribution is 2.20. The number of nitrogens with two attached hydrogens (primary N) is 2. The molecule has 0 aliphatic heterocycles. The third-order valence-corrected chi connectivity index (χ3v) is 4.25. The summed E-state index contributed by atoms with van der Waals surface area (Å²) in [5.74, 6) is 0.536. The molecule has 0 amide bonds. The van der Waals surface area contributed by atoms with Gasteiger partial charge >= 0.3 is 0 Å². The molecule has 5 nitrogen and oxygen atoms in total. The highest BCUT2D eigenvalue weighted by molar-refractivity contribution is 9.10. The number of para-hydroxylation sites is 1. The van der Waals surface area contributed by atoms with Crippen LogP contribution in [-0.4, -0.2) is 14.5 Å². The Bertz CT molecular complexity index is 662. The van der Waals surface area contributed by atoms with Crippen LogP contribution in [0.4, 0.5) is 0 Å². The van der Waals surface area contributed by atoms with E-state index in [1.165, 1.54) is 11.8 Å². The number of nitrogens with zero attached hydrogens (tertiary/aromatic N) is 2. The lowest BCUT2D eigenvalue weighted by Crippen LogP contribution is -2.43. The number of hydrogen-bond acceptors (Lipinski definition) is 2. The molecule has 2 aromatic rings. The standard InChI is InChI=1S/C12H13BrN4OS/c1-16-9(7-19-12(14)15)10(13)11(18)17(16)8-5-3-2-4-6-8/h2-6H,7H2,1H3,(H3,14,15)/p+1. The minimum absolute atomic E-state index is 0.0973.